The second-order valence-corrected chi connectivity index (χ2v) is 7.52. The van der Waals surface area contributed by atoms with Crippen LogP contribution in [0.4, 0.5) is 4.79 Å². The Morgan fingerprint density at radius 3 is 2.45 bits per heavy atom. The molecule has 1 saturated carbocycles. The highest BCUT2D eigenvalue weighted by atomic mass is 16.6. The minimum absolute atomic E-state index is 0.308. The number of carbonyl (C=O) groups is 1. The van der Waals surface area contributed by atoms with Crippen LogP contribution in [0.25, 0.3) is 0 Å². The lowest BCUT2D eigenvalue weighted by Crippen LogP contribution is -2.54. The van der Waals surface area contributed by atoms with Crippen LogP contribution in [0.5, 0.6) is 0 Å². The van der Waals surface area contributed by atoms with Gasteiger partial charge in [0.05, 0.1) is 5.54 Å². The fourth-order valence-corrected chi connectivity index (χ4v) is 2.44. The van der Waals surface area contributed by atoms with Crippen molar-refractivity contribution in [1.29, 1.82) is 0 Å². The summed E-state index contributed by atoms with van der Waals surface area (Å²) in [5.41, 5.74) is 5.17. The SMILES string of the molecule is CC(C)(CNC1CCCC(N)C1)NC(=O)OC(C)(C)C. The monoisotopic (exact) mass is 285 g/mol. The minimum atomic E-state index is -0.469. The van der Waals surface area contributed by atoms with Crippen molar-refractivity contribution in [2.24, 2.45) is 5.73 Å². The number of nitrogens with two attached hydrogens (primary N) is 1. The summed E-state index contributed by atoms with van der Waals surface area (Å²) in [4.78, 5) is 11.8. The Hall–Kier alpha value is -0.810. The second-order valence-electron chi connectivity index (χ2n) is 7.52. The van der Waals surface area contributed by atoms with Gasteiger partial charge >= 0.3 is 6.09 Å². The molecule has 0 aliphatic heterocycles. The van der Waals surface area contributed by atoms with Crippen molar-refractivity contribution in [3.05, 3.63) is 0 Å². The number of alkyl carbamates (subject to hydrolysis) is 1. The third-order valence-electron chi connectivity index (χ3n) is 3.39. The maximum absolute atomic E-state index is 11.8. The number of carbonyl (C=O) groups excluding carboxylic acids is 1. The Labute approximate surface area is 123 Å². The maximum Gasteiger partial charge on any atom is 0.408 e. The van der Waals surface area contributed by atoms with Crippen molar-refractivity contribution in [3.63, 3.8) is 0 Å². The first kappa shape index (κ1) is 17.2. The highest BCUT2D eigenvalue weighted by molar-refractivity contribution is 5.68. The summed E-state index contributed by atoms with van der Waals surface area (Å²) >= 11 is 0. The molecule has 0 bridgehead atoms. The third-order valence-corrected chi connectivity index (χ3v) is 3.39. The van der Waals surface area contributed by atoms with E-state index in [9.17, 15) is 4.79 Å². The van der Waals surface area contributed by atoms with E-state index in [2.05, 4.69) is 10.6 Å². The number of ether oxygens (including phenoxy) is 1. The average molecular weight is 285 g/mol. The quantitative estimate of drug-likeness (QED) is 0.740. The molecule has 2 unspecified atom stereocenters. The Balaban J connectivity index is 2.35. The van der Waals surface area contributed by atoms with E-state index in [4.69, 9.17) is 10.5 Å². The summed E-state index contributed by atoms with van der Waals surface area (Å²) in [5, 5.41) is 6.42. The average Bonchev–Trinajstić information content (AvgIpc) is 2.23. The molecular formula is C15H31N3O2. The molecule has 5 nitrogen and oxygen atoms in total. The fraction of sp³-hybridized carbons (Fsp3) is 0.933. The molecule has 1 rings (SSSR count). The molecule has 0 radical (unpaired) electrons. The van der Waals surface area contributed by atoms with Crippen molar-refractivity contribution in [3.8, 4) is 0 Å². The zero-order valence-electron chi connectivity index (χ0n) is 13.6. The standard InChI is InChI=1S/C15H31N3O2/c1-14(2,3)20-13(19)18-15(4,5)10-17-12-8-6-7-11(16)9-12/h11-12,17H,6-10,16H2,1-5H3,(H,18,19). The lowest BCUT2D eigenvalue weighted by Gasteiger charge is -2.33. The van der Waals surface area contributed by atoms with Crippen LogP contribution < -0.4 is 16.4 Å². The first-order valence-corrected chi connectivity index (χ1v) is 7.57. The van der Waals surface area contributed by atoms with Crippen LogP contribution in [-0.4, -0.2) is 35.9 Å². The molecule has 0 saturated heterocycles. The lowest BCUT2D eigenvalue weighted by atomic mass is 9.91. The smallest absolute Gasteiger partial charge is 0.408 e. The minimum Gasteiger partial charge on any atom is -0.444 e. The summed E-state index contributed by atoms with van der Waals surface area (Å²) < 4.78 is 5.28. The molecule has 0 aromatic heterocycles. The van der Waals surface area contributed by atoms with Gasteiger partial charge in [0.2, 0.25) is 0 Å². The van der Waals surface area contributed by atoms with Crippen molar-refractivity contribution >= 4 is 6.09 Å². The molecule has 2 atom stereocenters. The molecular weight excluding hydrogens is 254 g/mol. The van der Waals surface area contributed by atoms with Gasteiger partial charge in [-0.05, 0) is 53.9 Å². The number of rotatable bonds is 4. The van der Waals surface area contributed by atoms with E-state index in [1.807, 2.05) is 34.6 Å². The molecule has 0 aromatic carbocycles. The number of hydrogen-bond acceptors (Lipinski definition) is 4. The number of hydrogen-bond donors (Lipinski definition) is 3. The van der Waals surface area contributed by atoms with Gasteiger partial charge < -0.3 is 21.1 Å². The van der Waals surface area contributed by atoms with Crippen LogP contribution in [0.3, 0.4) is 0 Å². The van der Waals surface area contributed by atoms with E-state index < -0.39 is 5.60 Å². The zero-order valence-corrected chi connectivity index (χ0v) is 13.6. The first-order chi connectivity index (χ1) is 9.07. The number of nitrogens with one attached hydrogen (secondary N) is 2. The van der Waals surface area contributed by atoms with Crippen LogP contribution in [0, 0.1) is 0 Å². The molecule has 1 aliphatic carbocycles. The molecule has 4 N–H and O–H groups in total. The molecule has 5 heteroatoms. The van der Waals surface area contributed by atoms with Crippen LogP contribution in [0.2, 0.25) is 0 Å². The Bertz CT molecular complexity index is 324. The maximum atomic E-state index is 11.8. The van der Waals surface area contributed by atoms with Gasteiger partial charge in [0, 0.05) is 18.6 Å². The van der Waals surface area contributed by atoms with E-state index in [0.29, 0.717) is 18.6 Å². The normalized spacial score (nSPS) is 24.3. The summed E-state index contributed by atoms with van der Waals surface area (Å²) in [5.74, 6) is 0. The largest absolute Gasteiger partial charge is 0.444 e. The van der Waals surface area contributed by atoms with Crippen LogP contribution in [0.1, 0.15) is 60.3 Å². The van der Waals surface area contributed by atoms with Gasteiger partial charge in [-0.25, -0.2) is 4.79 Å². The molecule has 20 heavy (non-hydrogen) atoms. The summed E-state index contributed by atoms with van der Waals surface area (Å²) in [6.07, 6.45) is 4.11. The van der Waals surface area contributed by atoms with Gasteiger partial charge in [-0.3, -0.25) is 0 Å². The summed E-state index contributed by atoms with van der Waals surface area (Å²) in [6, 6.07) is 0.765. The van der Waals surface area contributed by atoms with Gasteiger partial charge in [0.25, 0.3) is 0 Å². The molecule has 118 valence electrons. The van der Waals surface area contributed by atoms with Crippen LogP contribution >= 0.6 is 0 Å². The third kappa shape index (κ3) is 7.10. The van der Waals surface area contributed by atoms with Crippen LogP contribution in [0.15, 0.2) is 0 Å². The Morgan fingerprint density at radius 2 is 1.90 bits per heavy atom. The topological polar surface area (TPSA) is 76.4 Å². The van der Waals surface area contributed by atoms with E-state index in [0.717, 1.165) is 19.3 Å². The van der Waals surface area contributed by atoms with E-state index in [1.54, 1.807) is 0 Å². The first-order valence-electron chi connectivity index (χ1n) is 7.57. The molecule has 0 spiro atoms. The predicted octanol–water partition coefficient (Wildman–Crippen LogP) is 2.15. The van der Waals surface area contributed by atoms with Crippen molar-refractivity contribution < 1.29 is 9.53 Å². The van der Waals surface area contributed by atoms with Crippen molar-refractivity contribution in [1.82, 2.24) is 10.6 Å². The van der Waals surface area contributed by atoms with Gasteiger partial charge in [0.15, 0.2) is 0 Å². The van der Waals surface area contributed by atoms with Crippen molar-refractivity contribution in [2.75, 3.05) is 6.54 Å². The van der Waals surface area contributed by atoms with Gasteiger partial charge in [-0.1, -0.05) is 6.42 Å². The lowest BCUT2D eigenvalue weighted by molar-refractivity contribution is 0.0469. The Morgan fingerprint density at radius 1 is 1.25 bits per heavy atom. The van der Waals surface area contributed by atoms with Gasteiger partial charge in [0.1, 0.15) is 5.60 Å². The highest BCUT2D eigenvalue weighted by Gasteiger charge is 2.26. The van der Waals surface area contributed by atoms with Gasteiger partial charge in [-0.15, -0.1) is 0 Å². The molecule has 0 heterocycles. The zero-order chi connectivity index (χ0) is 15.4. The highest BCUT2D eigenvalue weighted by Crippen LogP contribution is 2.17. The molecule has 1 fully saturated rings. The fourth-order valence-electron chi connectivity index (χ4n) is 2.44. The molecule has 1 aliphatic rings. The molecule has 0 aromatic rings. The van der Waals surface area contributed by atoms with Crippen molar-refractivity contribution in [2.45, 2.75) is 83.5 Å². The number of amides is 1. The second kappa shape index (κ2) is 6.76. The molecule has 1 amide bonds. The van der Waals surface area contributed by atoms with Crippen LogP contribution in [-0.2, 0) is 4.74 Å². The van der Waals surface area contributed by atoms with E-state index >= 15 is 0 Å². The summed E-state index contributed by atoms with van der Waals surface area (Å²) in [7, 11) is 0. The van der Waals surface area contributed by atoms with Gasteiger partial charge in [-0.2, -0.15) is 0 Å². The Kier molecular flexibility index (Phi) is 5.83. The van der Waals surface area contributed by atoms with E-state index in [-0.39, 0.29) is 11.6 Å². The predicted molar refractivity (Wildman–Crippen MR) is 81.7 cm³/mol. The summed E-state index contributed by atoms with van der Waals surface area (Å²) in [6.45, 7) is 10.3. The van der Waals surface area contributed by atoms with E-state index in [1.165, 1.54) is 6.42 Å².